The normalized spacial score (nSPS) is 13.1. The molecule has 1 unspecified atom stereocenters. The van der Waals surface area contributed by atoms with Crippen LogP contribution in [0.4, 0.5) is 5.69 Å². The van der Waals surface area contributed by atoms with Gasteiger partial charge in [-0.2, -0.15) is 0 Å². The molecule has 4 nitrogen and oxygen atoms in total. The van der Waals surface area contributed by atoms with Crippen LogP contribution >= 0.6 is 11.3 Å². The second-order valence-electron chi connectivity index (χ2n) is 3.26. The van der Waals surface area contributed by atoms with Gasteiger partial charge in [0.25, 0.3) is 5.69 Å². The van der Waals surface area contributed by atoms with E-state index in [1.165, 1.54) is 17.4 Å². The number of hydrogen-bond acceptors (Lipinski definition) is 4. The van der Waals surface area contributed by atoms with Crippen molar-refractivity contribution in [1.29, 1.82) is 0 Å². The molecule has 0 spiro atoms. The Balaban J connectivity index is 2.90. The smallest absolute Gasteiger partial charge is 0.258 e. The highest BCUT2D eigenvalue weighted by atomic mass is 32.2. The van der Waals surface area contributed by atoms with Crippen molar-refractivity contribution in [3.05, 3.63) is 21.6 Å². The van der Waals surface area contributed by atoms with Gasteiger partial charge in [-0.3, -0.25) is 14.3 Å². The van der Waals surface area contributed by atoms with E-state index in [2.05, 4.69) is 0 Å². The van der Waals surface area contributed by atoms with Crippen molar-refractivity contribution in [2.75, 3.05) is 5.75 Å². The minimum absolute atomic E-state index is 0.0195. The van der Waals surface area contributed by atoms with Gasteiger partial charge in [0.1, 0.15) is 0 Å². The highest BCUT2D eigenvalue weighted by Crippen LogP contribution is 2.28. The molecule has 1 heterocycles. The van der Waals surface area contributed by atoms with Gasteiger partial charge in [0, 0.05) is 11.8 Å². The molecule has 1 atom stereocenters. The van der Waals surface area contributed by atoms with Crippen molar-refractivity contribution in [1.82, 2.24) is 0 Å². The van der Waals surface area contributed by atoms with E-state index in [9.17, 15) is 14.3 Å². The summed E-state index contributed by atoms with van der Waals surface area (Å²) in [5, 5.41) is 12.2. The summed E-state index contributed by atoms with van der Waals surface area (Å²) in [5.74, 6) is 0.749. The molecule has 0 aliphatic heterocycles. The summed E-state index contributed by atoms with van der Waals surface area (Å²) in [6.45, 7) is 3.88. The fraction of sp³-hybridized carbons (Fsp3) is 0.500. The summed E-state index contributed by atoms with van der Waals surface area (Å²) in [6.07, 6.45) is 0. The average Bonchev–Trinajstić information content (AvgIpc) is 2.49. The molecule has 0 radical (unpaired) electrons. The third-order valence-electron chi connectivity index (χ3n) is 1.50. The average molecular weight is 233 g/mol. The maximum atomic E-state index is 11.7. The van der Waals surface area contributed by atoms with Crippen LogP contribution in [-0.4, -0.2) is 14.9 Å². The van der Waals surface area contributed by atoms with Crippen LogP contribution in [0, 0.1) is 16.0 Å². The number of thiophene rings is 1. The van der Waals surface area contributed by atoms with E-state index in [1.807, 2.05) is 13.8 Å². The molecule has 0 aliphatic rings. The summed E-state index contributed by atoms with van der Waals surface area (Å²) in [7, 11) is -1.24. The highest BCUT2D eigenvalue weighted by Gasteiger charge is 2.20. The Morgan fingerprint density at radius 3 is 2.79 bits per heavy atom. The molecule has 1 rings (SSSR count). The van der Waals surface area contributed by atoms with E-state index in [4.69, 9.17) is 0 Å². The molecule has 0 aromatic carbocycles. The molecule has 0 saturated carbocycles. The highest BCUT2D eigenvalue weighted by molar-refractivity contribution is 7.87. The molecule has 0 bridgehead atoms. The van der Waals surface area contributed by atoms with Crippen molar-refractivity contribution in [3.8, 4) is 0 Å². The first kappa shape index (κ1) is 11.3. The topological polar surface area (TPSA) is 60.2 Å². The zero-order chi connectivity index (χ0) is 10.7. The zero-order valence-corrected chi connectivity index (χ0v) is 9.56. The number of nitro groups is 1. The number of hydrogen-bond donors (Lipinski definition) is 0. The molecule has 0 N–H and O–H groups in total. The summed E-state index contributed by atoms with van der Waals surface area (Å²) in [6, 6.07) is 1.40. The lowest BCUT2D eigenvalue weighted by molar-refractivity contribution is -0.387. The fourth-order valence-corrected chi connectivity index (χ4v) is 3.49. The summed E-state index contributed by atoms with van der Waals surface area (Å²) >= 11 is 1.19. The monoisotopic (exact) mass is 233 g/mol. The van der Waals surface area contributed by atoms with E-state index in [0.29, 0.717) is 9.96 Å². The fourth-order valence-electron chi connectivity index (χ4n) is 0.973. The van der Waals surface area contributed by atoms with Gasteiger partial charge in [0.15, 0.2) is 4.21 Å². The molecule has 0 fully saturated rings. The Bertz CT molecular complexity index is 359. The molecule has 0 amide bonds. The van der Waals surface area contributed by atoms with Crippen LogP contribution in [0.25, 0.3) is 0 Å². The lowest BCUT2D eigenvalue weighted by atomic mass is 10.3. The third-order valence-corrected chi connectivity index (χ3v) is 4.63. The van der Waals surface area contributed by atoms with E-state index in [1.54, 1.807) is 5.38 Å². The summed E-state index contributed by atoms with van der Waals surface area (Å²) in [4.78, 5) is 10.1. The zero-order valence-electron chi connectivity index (χ0n) is 7.93. The first-order chi connectivity index (χ1) is 6.52. The molecular weight excluding hydrogens is 222 g/mol. The van der Waals surface area contributed by atoms with Gasteiger partial charge in [-0.25, -0.2) is 0 Å². The molecule has 78 valence electrons. The van der Waals surface area contributed by atoms with Gasteiger partial charge in [0.05, 0.1) is 15.7 Å². The largest absolute Gasteiger partial charge is 0.296 e. The molecular formula is C8H11NO3S2. The van der Waals surface area contributed by atoms with Crippen molar-refractivity contribution >= 4 is 27.8 Å². The maximum Gasteiger partial charge on any atom is 0.296 e. The van der Waals surface area contributed by atoms with Gasteiger partial charge in [-0.1, -0.05) is 13.8 Å². The Kier molecular flexibility index (Phi) is 3.77. The maximum absolute atomic E-state index is 11.7. The number of nitrogens with zero attached hydrogens (tertiary/aromatic N) is 1. The minimum Gasteiger partial charge on any atom is -0.258 e. The van der Waals surface area contributed by atoms with Crippen molar-refractivity contribution < 1.29 is 9.13 Å². The van der Waals surface area contributed by atoms with E-state index in [-0.39, 0.29) is 11.6 Å². The molecule has 1 aromatic rings. The first-order valence-electron chi connectivity index (χ1n) is 4.12. The standard InChI is InChI=1S/C8H11NO3S2/c1-6(2)5-14(12)8-7(9(10)11)3-4-13-8/h3-4,6H,5H2,1-2H3. The van der Waals surface area contributed by atoms with Gasteiger partial charge in [-0.15, -0.1) is 11.3 Å². The Morgan fingerprint density at radius 2 is 2.29 bits per heavy atom. The summed E-state index contributed by atoms with van der Waals surface area (Å²) < 4.78 is 12.0. The van der Waals surface area contributed by atoms with E-state index >= 15 is 0 Å². The van der Waals surface area contributed by atoms with Crippen molar-refractivity contribution in [2.24, 2.45) is 5.92 Å². The predicted molar refractivity (Wildman–Crippen MR) is 57.1 cm³/mol. The van der Waals surface area contributed by atoms with Crippen molar-refractivity contribution in [3.63, 3.8) is 0 Å². The Morgan fingerprint density at radius 1 is 1.64 bits per heavy atom. The van der Waals surface area contributed by atoms with Gasteiger partial charge in [-0.05, 0) is 11.3 Å². The minimum atomic E-state index is -1.24. The van der Waals surface area contributed by atoms with Crippen LogP contribution in [0.15, 0.2) is 15.7 Å². The van der Waals surface area contributed by atoms with Gasteiger partial charge in [0.2, 0.25) is 0 Å². The van der Waals surface area contributed by atoms with E-state index < -0.39 is 15.7 Å². The molecule has 0 saturated heterocycles. The van der Waals surface area contributed by atoms with Crippen LogP contribution in [0.5, 0.6) is 0 Å². The van der Waals surface area contributed by atoms with Crippen LogP contribution in [0.2, 0.25) is 0 Å². The van der Waals surface area contributed by atoms with Crippen LogP contribution in [0.1, 0.15) is 13.8 Å². The first-order valence-corrected chi connectivity index (χ1v) is 6.32. The predicted octanol–water partition coefficient (Wildman–Crippen LogP) is 2.42. The summed E-state index contributed by atoms with van der Waals surface area (Å²) in [5.41, 5.74) is -0.0195. The second kappa shape index (κ2) is 4.65. The van der Waals surface area contributed by atoms with Gasteiger partial charge >= 0.3 is 0 Å². The van der Waals surface area contributed by atoms with Crippen LogP contribution < -0.4 is 0 Å². The molecule has 1 aromatic heterocycles. The molecule has 0 aliphatic carbocycles. The lowest BCUT2D eigenvalue weighted by Gasteiger charge is -2.01. The quantitative estimate of drug-likeness (QED) is 0.592. The lowest BCUT2D eigenvalue weighted by Crippen LogP contribution is -2.04. The molecule has 14 heavy (non-hydrogen) atoms. The second-order valence-corrected chi connectivity index (χ2v) is 5.86. The van der Waals surface area contributed by atoms with E-state index in [0.717, 1.165) is 0 Å². The Hall–Kier alpha value is -0.750. The molecule has 6 heteroatoms. The van der Waals surface area contributed by atoms with Crippen LogP contribution in [-0.2, 0) is 10.8 Å². The third kappa shape index (κ3) is 2.62. The SMILES string of the molecule is CC(C)CS(=O)c1sccc1[N+](=O)[O-]. The number of rotatable bonds is 4. The Labute approximate surface area is 88.6 Å². The van der Waals surface area contributed by atoms with Crippen LogP contribution in [0.3, 0.4) is 0 Å². The van der Waals surface area contributed by atoms with Crippen molar-refractivity contribution in [2.45, 2.75) is 18.1 Å². The van der Waals surface area contributed by atoms with Gasteiger partial charge < -0.3 is 0 Å².